The molecule has 0 amide bonds. The van der Waals surface area contributed by atoms with Crippen molar-refractivity contribution in [3.05, 3.63) is 0 Å². The third-order valence-corrected chi connectivity index (χ3v) is 6.87. The van der Waals surface area contributed by atoms with E-state index < -0.39 is 0 Å². The van der Waals surface area contributed by atoms with Gasteiger partial charge in [-0.15, -0.1) is 0 Å². The van der Waals surface area contributed by atoms with Crippen LogP contribution < -0.4 is 22.7 Å². The molecule has 1 aliphatic rings. The van der Waals surface area contributed by atoms with Crippen LogP contribution in [0.5, 0.6) is 0 Å². The highest BCUT2D eigenvalue weighted by molar-refractivity contribution is 5.06. The van der Waals surface area contributed by atoms with Gasteiger partial charge >= 0.3 is 0 Å². The molecule has 0 aliphatic carbocycles. The van der Waals surface area contributed by atoms with Crippen LogP contribution in [-0.2, 0) is 4.74 Å². The zero-order valence-corrected chi connectivity index (χ0v) is 21.2. The summed E-state index contributed by atoms with van der Waals surface area (Å²) in [4.78, 5) is 0. The van der Waals surface area contributed by atoms with E-state index in [1.54, 1.807) is 0 Å². The molecule has 2 unspecified atom stereocenters. The second kappa shape index (κ2) is 17.1. The molecule has 1 heterocycles. The Morgan fingerprint density at radius 2 is 0.893 bits per heavy atom. The molecular weight excluding hydrogens is 410 g/mol. The van der Waals surface area contributed by atoms with Gasteiger partial charge in [-0.05, 0) is 19.3 Å². The van der Waals surface area contributed by atoms with E-state index in [0.717, 1.165) is 6.42 Å². The van der Waals surface area contributed by atoms with Gasteiger partial charge in [0.25, 0.3) is 0 Å². The lowest BCUT2D eigenvalue weighted by atomic mass is 9.88. The van der Waals surface area contributed by atoms with Gasteiger partial charge in [-0.25, -0.2) is 0 Å². The second-order valence-electron chi connectivity index (χ2n) is 9.25. The average molecular weight is 463 g/mol. The lowest BCUT2D eigenvalue weighted by Crippen LogP contribution is -3.00. The van der Waals surface area contributed by atoms with Gasteiger partial charge in [-0.1, -0.05) is 124 Å². The Bertz CT molecular complexity index is 351. The first kappa shape index (κ1) is 28.4. The number of rotatable bonds is 20. The van der Waals surface area contributed by atoms with Gasteiger partial charge in [0.15, 0.2) is 5.60 Å². The van der Waals surface area contributed by atoms with Crippen molar-refractivity contribution in [1.29, 1.82) is 0 Å². The molecule has 0 aromatic heterocycles. The Morgan fingerprint density at radius 3 is 1.29 bits per heavy atom. The summed E-state index contributed by atoms with van der Waals surface area (Å²) in [5, 5.41) is 0. The van der Waals surface area contributed by atoms with Crippen molar-refractivity contribution in [2.75, 3.05) is 0 Å². The third-order valence-electron chi connectivity index (χ3n) is 6.87. The van der Waals surface area contributed by atoms with Crippen LogP contribution in [0.3, 0.4) is 0 Å². The van der Waals surface area contributed by atoms with E-state index in [1.165, 1.54) is 122 Å². The van der Waals surface area contributed by atoms with Crippen LogP contribution in [0, 0.1) is 0 Å². The first-order chi connectivity index (χ1) is 13.1. The topological polar surface area (TPSA) is 40.2 Å². The molecule has 0 spiro atoms. The van der Waals surface area contributed by atoms with Crippen molar-refractivity contribution < 1.29 is 27.5 Å². The standard InChI is InChI=1S/C25H51NO.BrH/c1-4-7-9-11-13-15-17-19-21-23-25(26)24(6-3,27-25)22-20-18-16-14-12-10-8-5-2;/h4-23,26H2,1-3H3;1H. The summed E-state index contributed by atoms with van der Waals surface area (Å²) < 4.78 is 6.26. The molecule has 2 nitrogen and oxygen atoms in total. The summed E-state index contributed by atoms with van der Waals surface area (Å²) in [6.07, 6.45) is 27.3. The van der Waals surface area contributed by atoms with Gasteiger partial charge in [-0.3, -0.25) is 0 Å². The van der Waals surface area contributed by atoms with Gasteiger partial charge in [-0.2, -0.15) is 0 Å². The van der Waals surface area contributed by atoms with Gasteiger partial charge < -0.3 is 27.5 Å². The average Bonchev–Trinajstić information content (AvgIpc) is 3.27. The number of halogens is 1. The first-order valence-corrected chi connectivity index (χ1v) is 12.7. The quantitative estimate of drug-likeness (QED) is 0.209. The van der Waals surface area contributed by atoms with Crippen LogP contribution in [-0.4, -0.2) is 11.3 Å². The number of unbranched alkanes of at least 4 members (excludes halogenated alkanes) is 15. The number of hydrogen-bond donors (Lipinski definition) is 1. The Hall–Kier alpha value is 0.400. The molecule has 1 rings (SSSR count). The maximum Gasteiger partial charge on any atom is 0.229 e. The van der Waals surface area contributed by atoms with Gasteiger partial charge in [0.05, 0.1) is 0 Å². The number of epoxide rings is 1. The summed E-state index contributed by atoms with van der Waals surface area (Å²) in [6.45, 7) is 6.88. The van der Waals surface area contributed by atoms with Crippen LogP contribution in [0.2, 0.25) is 0 Å². The smallest absolute Gasteiger partial charge is 0.229 e. The van der Waals surface area contributed by atoms with E-state index in [0.29, 0.717) is 0 Å². The first-order valence-electron chi connectivity index (χ1n) is 12.7. The van der Waals surface area contributed by atoms with E-state index in [-0.39, 0.29) is 28.3 Å². The highest BCUT2D eigenvalue weighted by atomic mass is 79.9. The maximum absolute atomic E-state index is 6.26. The Morgan fingerprint density at radius 1 is 0.536 bits per heavy atom. The van der Waals surface area contributed by atoms with Crippen LogP contribution in [0.15, 0.2) is 0 Å². The normalized spacial score (nSPS) is 23.6. The molecule has 0 saturated carbocycles. The molecule has 170 valence electrons. The van der Waals surface area contributed by atoms with E-state index in [2.05, 4.69) is 26.5 Å². The lowest BCUT2D eigenvalue weighted by molar-refractivity contribution is -0.474. The number of ether oxygens (including phenoxy) is 1. The molecule has 3 N–H and O–H groups in total. The minimum absolute atomic E-state index is 0. The molecule has 1 saturated heterocycles. The Labute approximate surface area is 187 Å². The van der Waals surface area contributed by atoms with Crippen molar-refractivity contribution >= 4 is 0 Å². The fraction of sp³-hybridized carbons (Fsp3) is 1.00. The summed E-state index contributed by atoms with van der Waals surface area (Å²) in [6, 6.07) is 0. The minimum atomic E-state index is -0.0516. The van der Waals surface area contributed by atoms with Crippen LogP contribution >= 0.6 is 0 Å². The molecule has 0 bridgehead atoms. The second-order valence-corrected chi connectivity index (χ2v) is 9.25. The number of hydrogen-bond acceptors (Lipinski definition) is 1. The van der Waals surface area contributed by atoms with E-state index in [1.807, 2.05) is 0 Å². The summed E-state index contributed by atoms with van der Waals surface area (Å²) in [5.74, 6) is 0. The molecule has 0 radical (unpaired) electrons. The predicted octanol–water partition coefficient (Wildman–Crippen LogP) is 4.56. The fourth-order valence-electron chi connectivity index (χ4n) is 4.74. The van der Waals surface area contributed by atoms with Crippen molar-refractivity contribution in [2.24, 2.45) is 0 Å². The van der Waals surface area contributed by atoms with Gasteiger partial charge in [0, 0.05) is 6.42 Å². The SMILES string of the molecule is CCCCCCCCCCCC1([NH3+])OC1(CC)CCCCCCCCCC.[Br-]. The highest BCUT2D eigenvalue weighted by Crippen LogP contribution is 2.51. The molecule has 0 aromatic carbocycles. The fourth-order valence-corrected chi connectivity index (χ4v) is 4.74. The zero-order chi connectivity index (χ0) is 19.8. The van der Waals surface area contributed by atoms with Crippen LogP contribution in [0.1, 0.15) is 149 Å². The highest BCUT2D eigenvalue weighted by Gasteiger charge is 2.69. The Kier molecular flexibility index (Phi) is 17.4. The van der Waals surface area contributed by atoms with E-state index >= 15 is 0 Å². The van der Waals surface area contributed by atoms with Crippen LogP contribution in [0.4, 0.5) is 0 Å². The van der Waals surface area contributed by atoms with Crippen molar-refractivity contribution in [1.82, 2.24) is 0 Å². The molecule has 2 atom stereocenters. The monoisotopic (exact) mass is 461 g/mol. The van der Waals surface area contributed by atoms with Crippen molar-refractivity contribution in [3.8, 4) is 0 Å². The predicted molar refractivity (Wildman–Crippen MR) is 119 cm³/mol. The summed E-state index contributed by atoms with van der Waals surface area (Å²) in [5.41, 5.74) is 4.57. The van der Waals surface area contributed by atoms with Crippen molar-refractivity contribution in [2.45, 2.75) is 161 Å². The zero-order valence-electron chi connectivity index (χ0n) is 19.6. The number of quaternary nitrogens is 1. The molecule has 28 heavy (non-hydrogen) atoms. The largest absolute Gasteiger partial charge is 1.00 e. The molecule has 1 aliphatic heterocycles. The maximum atomic E-state index is 6.26. The molecular formula is C25H52BrNO. The molecule has 0 aromatic rings. The summed E-state index contributed by atoms with van der Waals surface area (Å²) in [7, 11) is 0. The summed E-state index contributed by atoms with van der Waals surface area (Å²) >= 11 is 0. The molecule has 1 fully saturated rings. The van der Waals surface area contributed by atoms with Crippen LogP contribution in [0.25, 0.3) is 0 Å². The van der Waals surface area contributed by atoms with E-state index in [9.17, 15) is 0 Å². The molecule has 3 heteroatoms. The third kappa shape index (κ3) is 11.0. The van der Waals surface area contributed by atoms with Crippen molar-refractivity contribution in [3.63, 3.8) is 0 Å². The minimum Gasteiger partial charge on any atom is -1.00 e. The lowest BCUT2D eigenvalue weighted by Gasteiger charge is -2.13. The van der Waals surface area contributed by atoms with E-state index in [4.69, 9.17) is 4.74 Å². The Balaban J connectivity index is 0.00000729. The van der Waals surface area contributed by atoms with Gasteiger partial charge in [0.2, 0.25) is 5.72 Å². The van der Waals surface area contributed by atoms with Gasteiger partial charge in [0.1, 0.15) is 0 Å².